The SMILES string of the molecule is CCOCCCNC(=O)c1cc(Cl)c2c(c1)OCCO2. The van der Waals surface area contributed by atoms with Crippen LogP contribution in [0.2, 0.25) is 5.02 Å². The van der Waals surface area contributed by atoms with Gasteiger partial charge >= 0.3 is 0 Å². The van der Waals surface area contributed by atoms with Crippen LogP contribution in [0.4, 0.5) is 0 Å². The molecule has 0 aliphatic carbocycles. The minimum atomic E-state index is -0.180. The van der Waals surface area contributed by atoms with Gasteiger partial charge in [-0.05, 0) is 25.5 Å². The number of carbonyl (C=O) groups is 1. The van der Waals surface area contributed by atoms with Crippen LogP contribution in [0.15, 0.2) is 12.1 Å². The molecule has 6 heteroatoms. The summed E-state index contributed by atoms with van der Waals surface area (Å²) < 4.78 is 16.1. The van der Waals surface area contributed by atoms with Crippen molar-refractivity contribution >= 4 is 17.5 Å². The molecule has 0 atom stereocenters. The van der Waals surface area contributed by atoms with Gasteiger partial charge < -0.3 is 19.5 Å². The molecular weight excluding hydrogens is 282 g/mol. The summed E-state index contributed by atoms with van der Waals surface area (Å²) in [6.45, 7) is 4.75. The molecule has 110 valence electrons. The third-order valence-corrected chi connectivity index (χ3v) is 3.09. The Bertz CT molecular complexity index is 478. The first-order valence-electron chi connectivity index (χ1n) is 6.67. The summed E-state index contributed by atoms with van der Waals surface area (Å²) in [5.41, 5.74) is 0.468. The number of halogens is 1. The normalized spacial score (nSPS) is 13.1. The lowest BCUT2D eigenvalue weighted by Gasteiger charge is -2.20. The largest absolute Gasteiger partial charge is 0.486 e. The van der Waals surface area contributed by atoms with Crippen LogP contribution in [0.3, 0.4) is 0 Å². The van der Waals surface area contributed by atoms with Gasteiger partial charge in [0.15, 0.2) is 11.5 Å². The van der Waals surface area contributed by atoms with E-state index in [2.05, 4.69) is 5.32 Å². The minimum Gasteiger partial charge on any atom is -0.486 e. The number of carbonyl (C=O) groups excluding carboxylic acids is 1. The number of amides is 1. The summed E-state index contributed by atoms with van der Waals surface area (Å²) >= 11 is 6.09. The average molecular weight is 300 g/mol. The molecule has 2 rings (SSSR count). The predicted octanol–water partition coefficient (Wildman–Crippen LogP) is 2.27. The van der Waals surface area contributed by atoms with E-state index in [4.69, 9.17) is 25.8 Å². The van der Waals surface area contributed by atoms with Crippen molar-refractivity contribution < 1.29 is 19.0 Å². The van der Waals surface area contributed by atoms with Crippen LogP contribution < -0.4 is 14.8 Å². The van der Waals surface area contributed by atoms with E-state index in [-0.39, 0.29) is 5.91 Å². The third kappa shape index (κ3) is 3.77. The summed E-state index contributed by atoms with van der Waals surface area (Å²) in [6.07, 6.45) is 0.776. The van der Waals surface area contributed by atoms with Gasteiger partial charge in [0.05, 0.1) is 5.02 Å². The third-order valence-electron chi connectivity index (χ3n) is 2.81. The maximum atomic E-state index is 12.0. The Kier molecular flexibility index (Phi) is 5.49. The molecule has 1 N–H and O–H groups in total. The van der Waals surface area contributed by atoms with Gasteiger partial charge in [-0.1, -0.05) is 11.6 Å². The van der Waals surface area contributed by atoms with Gasteiger partial charge in [0, 0.05) is 25.3 Å². The minimum absolute atomic E-state index is 0.180. The van der Waals surface area contributed by atoms with E-state index in [1.54, 1.807) is 12.1 Å². The van der Waals surface area contributed by atoms with E-state index >= 15 is 0 Å². The fourth-order valence-corrected chi connectivity index (χ4v) is 2.13. The van der Waals surface area contributed by atoms with Crippen molar-refractivity contribution in [3.8, 4) is 11.5 Å². The second kappa shape index (κ2) is 7.36. The van der Waals surface area contributed by atoms with Crippen LogP contribution in [0.5, 0.6) is 11.5 Å². The van der Waals surface area contributed by atoms with Crippen LogP contribution >= 0.6 is 11.6 Å². The quantitative estimate of drug-likeness (QED) is 0.819. The van der Waals surface area contributed by atoms with Crippen LogP contribution in [0.1, 0.15) is 23.7 Å². The average Bonchev–Trinajstić information content (AvgIpc) is 2.47. The van der Waals surface area contributed by atoms with Gasteiger partial charge in [-0.25, -0.2) is 0 Å². The van der Waals surface area contributed by atoms with Crippen LogP contribution in [0, 0.1) is 0 Å². The van der Waals surface area contributed by atoms with Gasteiger partial charge in [-0.15, -0.1) is 0 Å². The number of rotatable bonds is 6. The number of hydrogen-bond donors (Lipinski definition) is 1. The van der Waals surface area contributed by atoms with Gasteiger partial charge in [-0.3, -0.25) is 4.79 Å². The Labute approximate surface area is 123 Å². The molecule has 0 saturated carbocycles. The molecule has 1 aliphatic heterocycles. The molecule has 0 saturated heterocycles. The van der Waals surface area contributed by atoms with E-state index in [9.17, 15) is 4.79 Å². The number of hydrogen-bond acceptors (Lipinski definition) is 4. The zero-order valence-electron chi connectivity index (χ0n) is 11.4. The lowest BCUT2D eigenvalue weighted by Crippen LogP contribution is -2.25. The Morgan fingerprint density at radius 2 is 2.20 bits per heavy atom. The monoisotopic (exact) mass is 299 g/mol. The number of ether oxygens (including phenoxy) is 3. The van der Waals surface area contributed by atoms with Gasteiger partial charge in [0.1, 0.15) is 13.2 Å². The molecule has 5 nitrogen and oxygen atoms in total. The molecule has 0 fully saturated rings. The fraction of sp³-hybridized carbons (Fsp3) is 0.500. The summed E-state index contributed by atoms with van der Waals surface area (Å²) in [6, 6.07) is 3.24. The molecule has 0 radical (unpaired) electrons. The van der Waals surface area contributed by atoms with E-state index in [0.29, 0.717) is 55.1 Å². The van der Waals surface area contributed by atoms with Crippen molar-refractivity contribution in [3.63, 3.8) is 0 Å². The van der Waals surface area contributed by atoms with Crippen LogP contribution in [0.25, 0.3) is 0 Å². The highest BCUT2D eigenvalue weighted by Crippen LogP contribution is 2.38. The lowest BCUT2D eigenvalue weighted by atomic mass is 10.1. The summed E-state index contributed by atoms with van der Waals surface area (Å²) in [7, 11) is 0. The molecule has 1 aromatic carbocycles. The summed E-state index contributed by atoms with van der Waals surface area (Å²) in [5.74, 6) is 0.842. The maximum Gasteiger partial charge on any atom is 0.251 e. The Balaban J connectivity index is 1.94. The lowest BCUT2D eigenvalue weighted by molar-refractivity contribution is 0.0943. The van der Waals surface area contributed by atoms with Crippen molar-refractivity contribution in [2.24, 2.45) is 0 Å². The van der Waals surface area contributed by atoms with E-state index < -0.39 is 0 Å². The maximum absolute atomic E-state index is 12.0. The van der Waals surface area contributed by atoms with Crippen molar-refractivity contribution in [3.05, 3.63) is 22.7 Å². The first-order valence-corrected chi connectivity index (χ1v) is 7.05. The first-order chi connectivity index (χ1) is 9.72. The Morgan fingerprint density at radius 1 is 1.40 bits per heavy atom. The highest BCUT2D eigenvalue weighted by atomic mass is 35.5. The van der Waals surface area contributed by atoms with Crippen molar-refractivity contribution in [2.45, 2.75) is 13.3 Å². The topological polar surface area (TPSA) is 56.8 Å². The molecule has 0 bridgehead atoms. The molecule has 20 heavy (non-hydrogen) atoms. The molecule has 1 heterocycles. The van der Waals surface area contributed by atoms with Gasteiger partial charge in [0.2, 0.25) is 0 Å². The van der Waals surface area contributed by atoms with Crippen molar-refractivity contribution in [2.75, 3.05) is 33.0 Å². The summed E-state index contributed by atoms with van der Waals surface area (Å²) in [5, 5.41) is 3.21. The molecule has 1 aromatic rings. The zero-order chi connectivity index (χ0) is 14.4. The Morgan fingerprint density at radius 3 is 3.00 bits per heavy atom. The molecule has 0 aromatic heterocycles. The number of nitrogens with one attached hydrogen (secondary N) is 1. The Hall–Kier alpha value is -1.46. The smallest absolute Gasteiger partial charge is 0.251 e. The van der Waals surface area contributed by atoms with Crippen LogP contribution in [-0.2, 0) is 4.74 Å². The van der Waals surface area contributed by atoms with E-state index in [1.807, 2.05) is 6.92 Å². The second-order valence-electron chi connectivity index (χ2n) is 4.29. The fourth-order valence-electron chi connectivity index (χ4n) is 1.86. The number of fused-ring (bicyclic) bond motifs is 1. The van der Waals surface area contributed by atoms with E-state index in [0.717, 1.165) is 6.42 Å². The molecule has 0 spiro atoms. The van der Waals surface area contributed by atoms with Crippen LogP contribution in [-0.4, -0.2) is 38.9 Å². The second-order valence-corrected chi connectivity index (χ2v) is 4.70. The number of benzene rings is 1. The van der Waals surface area contributed by atoms with Crippen molar-refractivity contribution in [1.82, 2.24) is 5.32 Å². The zero-order valence-corrected chi connectivity index (χ0v) is 12.2. The van der Waals surface area contributed by atoms with E-state index in [1.165, 1.54) is 0 Å². The molecular formula is C14H18ClNO4. The standard InChI is InChI=1S/C14H18ClNO4/c1-2-18-5-3-4-16-14(17)10-8-11(15)13-12(9-10)19-6-7-20-13/h8-9H,2-7H2,1H3,(H,16,17). The highest BCUT2D eigenvalue weighted by Gasteiger charge is 2.19. The predicted molar refractivity (Wildman–Crippen MR) is 75.9 cm³/mol. The van der Waals surface area contributed by atoms with Gasteiger partial charge in [-0.2, -0.15) is 0 Å². The molecule has 0 unspecified atom stereocenters. The summed E-state index contributed by atoms with van der Waals surface area (Å²) in [4.78, 5) is 12.0. The van der Waals surface area contributed by atoms with Gasteiger partial charge in [0.25, 0.3) is 5.91 Å². The highest BCUT2D eigenvalue weighted by molar-refractivity contribution is 6.32. The molecule has 1 amide bonds. The first kappa shape index (κ1) is 14.9. The molecule has 1 aliphatic rings. The van der Waals surface area contributed by atoms with Crippen molar-refractivity contribution in [1.29, 1.82) is 0 Å².